The summed E-state index contributed by atoms with van der Waals surface area (Å²) in [5, 5.41) is 12.3. The third-order valence-corrected chi connectivity index (χ3v) is 7.00. The minimum atomic E-state index is -0.575. The predicted octanol–water partition coefficient (Wildman–Crippen LogP) is 4.66. The Morgan fingerprint density at radius 1 is 1.21 bits per heavy atom. The second-order valence-electron chi connectivity index (χ2n) is 9.22. The molecule has 1 saturated carbocycles. The molecule has 0 bridgehead atoms. The van der Waals surface area contributed by atoms with Crippen LogP contribution < -0.4 is 10.9 Å². The molecular weight excluding hydrogens is 454 g/mol. The molecule has 3 aromatic rings. The van der Waals surface area contributed by atoms with Gasteiger partial charge in [-0.15, -0.1) is 0 Å². The monoisotopic (exact) mass is 483 g/mol. The fourth-order valence-electron chi connectivity index (χ4n) is 4.83. The molecule has 2 fully saturated rings. The quantitative estimate of drug-likeness (QED) is 0.425. The Morgan fingerprint density at radius 3 is 2.74 bits per heavy atom. The number of amides is 1. The minimum Gasteiger partial charge on any atom is -0.452 e. The predicted molar refractivity (Wildman–Crippen MR) is 131 cm³/mol. The summed E-state index contributed by atoms with van der Waals surface area (Å²) in [6, 6.07) is 14.8. The summed E-state index contributed by atoms with van der Waals surface area (Å²) in [6.07, 6.45) is 4.70. The Hall–Kier alpha value is -2.58. The van der Waals surface area contributed by atoms with Crippen molar-refractivity contribution < 1.29 is 19.4 Å². The maximum Gasteiger partial charge on any atom is 0.421 e. The number of carbonyl (C=O) groups is 1. The van der Waals surface area contributed by atoms with Crippen molar-refractivity contribution >= 4 is 28.6 Å². The largest absolute Gasteiger partial charge is 0.452 e. The molecule has 180 valence electrons. The van der Waals surface area contributed by atoms with Gasteiger partial charge in [-0.1, -0.05) is 41.9 Å². The van der Waals surface area contributed by atoms with Crippen molar-refractivity contribution in [2.45, 2.75) is 56.5 Å². The standard InChI is InChI=1S/C26H30ClN3O4/c1-33-26(32)29-28-14-21-12-20(31)13-24(34-21)30-15-19(25-22(27)3-2-4-23(25)30)11-16-5-7-17(8-6-16)18-9-10-18/h2-8,15,18,20-21,24,28,31H,9-14H2,1H3,(H,29,32)/t20-,21-,24+/m0/s1. The van der Waals surface area contributed by atoms with Crippen molar-refractivity contribution in [2.75, 3.05) is 13.7 Å². The van der Waals surface area contributed by atoms with Crippen LogP contribution in [-0.2, 0) is 15.9 Å². The van der Waals surface area contributed by atoms with Gasteiger partial charge >= 0.3 is 6.09 Å². The number of nitrogens with zero attached hydrogens (tertiary/aromatic N) is 1. The highest BCUT2D eigenvalue weighted by Crippen LogP contribution is 2.40. The van der Waals surface area contributed by atoms with Crippen LogP contribution in [0.15, 0.2) is 48.7 Å². The van der Waals surface area contributed by atoms with E-state index in [-0.39, 0.29) is 12.3 Å². The summed E-state index contributed by atoms with van der Waals surface area (Å²) in [5.74, 6) is 0.741. The molecule has 1 amide bonds. The number of halogens is 1. The highest BCUT2D eigenvalue weighted by molar-refractivity contribution is 6.35. The Kier molecular flexibility index (Phi) is 6.79. The molecule has 3 N–H and O–H groups in total. The SMILES string of the molecule is COC(=O)NNC[C@@H]1C[C@H](O)C[C@H](n2cc(Cc3ccc(C4CC4)cc3)c3c(Cl)cccc32)O1. The minimum absolute atomic E-state index is 0.277. The molecule has 2 aromatic carbocycles. The van der Waals surface area contributed by atoms with Crippen molar-refractivity contribution in [1.82, 2.24) is 15.4 Å². The van der Waals surface area contributed by atoms with E-state index in [0.29, 0.717) is 24.4 Å². The van der Waals surface area contributed by atoms with Gasteiger partial charge in [0.05, 0.1) is 29.9 Å². The fourth-order valence-corrected chi connectivity index (χ4v) is 5.12. The molecule has 2 aliphatic rings. The van der Waals surface area contributed by atoms with Gasteiger partial charge in [0.1, 0.15) is 6.23 Å². The molecule has 34 heavy (non-hydrogen) atoms. The van der Waals surface area contributed by atoms with E-state index in [0.717, 1.165) is 28.8 Å². The molecule has 1 aliphatic heterocycles. The Morgan fingerprint density at radius 2 is 2.00 bits per heavy atom. The molecular formula is C26H30ClN3O4. The first-order chi connectivity index (χ1) is 16.5. The molecule has 1 saturated heterocycles. The highest BCUT2D eigenvalue weighted by atomic mass is 35.5. The van der Waals surface area contributed by atoms with Gasteiger partial charge < -0.3 is 19.1 Å². The van der Waals surface area contributed by atoms with Gasteiger partial charge in [0.2, 0.25) is 0 Å². The molecule has 7 nitrogen and oxygen atoms in total. The number of methoxy groups -OCH3 is 1. The van der Waals surface area contributed by atoms with Gasteiger partial charge in [-0.3, -0.25) is 5.43 Å². The number of hydrazine groups is 1. The van der Waals surface area contributed by atoms with Crippen molar-refractivity contribution in [1.29, 1.82) is 0 Å². The molecule has 1 aliphatic carbocycles. The summed E-state index contributed by atoms with van der Waals surface area (Å²) >= 11 is 6.66. The van der Waals surface area contributed by atoms with E-state index < -0.39 is 12.2 Å². The lowest BCUT2D eigenvalue weighted by Gasteiger charge is -2.34. The van der Waals surface area contributed by atoms with Crippen molar-refractivity contribution in [3.8, 4) is 0 Å². The van der Waals surface area contributed by atoms with Crippen LogP contribution in [0.5, 0.6) is 0 Å². The number of ether oxygens (including phenoxy) is 2. The van der Waals surface area contributed by atoms with Gasteiger partial charge in [-0.2, -0.15) is 0 Å². The van der Waals surface area contributed by atoms with Crippen molar-refractivity contribution in [3.05, 3.63) is 70.4 Å². The van der Waals surface area contributed by atoms with Crippen LogP contribution in [0.3, 0.4) is 0 Å². The average Bonchev–Trinajstić information content (AvgIpc) is 3.61. The normalized spacial score (nSPS) is 22.6. The molecule has 3 atom stereocenters. The maximum absolute atomic E-state index is 11.3. The second-order valence-corrected chi connectivity index (χ2v) is 9.63. The third-order valence-electron chi connectivity index (χ3n) is 6.68. The lowest BCUT2D eigenvalue weighted by molar-refractivity contribution is -0.126. The first-order valence-electron chi connectivity index (χ1n) is 11.8. The number of carbonyl (C=O) groups excluding carboxylic acids is 1. The van der Waals surface area contributed by atoms with Crippen LogP contribution in [0.2, 0.25) is 5.02 Å². The molecule has 2 heterocycles. The number of nitrogens with one attached hydrogen (secondary N) is 2. The van der Waals surface area contributed by atoms with E-state index in [2.05, 4.69) is 50.6 Å². The molecule has 5 rings (SSSR count). The van der Waals surface area contributed by atoms with Crippen LogP contribution >= 0.6 is 11.6 Å². The molecule has 0 radical (unpaired) electrons. The third kappa shape index (κ3) is 5.08. The van der Waals surface area contributed by atoms with E-state index in [4.69, 9.17) is 16.3 Å². The zero-order valence-corrected chi connectivity index (χ0v) is 19.9. The van der Waals surface area contributed by atoms with E-state index in [1.165, 1.54) is 31.1 Å². The van der Waals surface area contributed by atoms with Gasteiger partial charge in [0, 0.05) is 31.0 Å². The fraction of sp³-hybridized carbons (Fsp3) is 0.423. The summed E-state index contributed by atoms with van der Waals surface area (Å²) in [5.41, 5.74) is 10.0. The smallest absolute Gasteiger partial charge is 0.421 e. The molecule has 0 spiro atoms. The highest BCUT2D eigenvalue weighted by Gasteiger charge is 2.31. The van der Waals surface area contributed by atoms with E-state index in [1.807, 2.05) is 18.2 Å². The van der Waals surface area contributed by atoms with Crippen LogP contribution in [0, 0.1) is 0 Å². The second kappa shape index (κ2) is 9.96. The average molecular weight is 484 g/mol. The molecule has 1 aromatic heterocycles. The van der Waals surface area contributed by atoms with Crippen LogP contribution in [0.25, 0.3) is 10.9 Å². The van der Waals surface area contributed by atoms with Crippen LogP contribution in [0.4, 0.5) is 4.79 Å². The van der Waals surface area contributed by atoms with Gasteiger partial charge in [-0.25, -0.2) is 10.2 Å². The Labute approximate surface area is 204 Å². The van der Waals surface area contributed by atoms with Crippen molar-refractivity contribution in [3.63, 3.8) is 0 Å². The lowest BCUT2D eigenvalue weighted by Crippen LogP contribution is -2.45. The number of hydrogen-bond donors (Lipinski definition) is 3. The number of hydrogen-bond acceptors (Lipinski definition) is 5. The summed E-state index contributed by atoms with van der Waals surface area (Å²) in [7, 11) is 1.30. The lowest BCUT2D eigenvalue weighted by atomic mass is 10.0. The van der Waals surface area contributed by atoms with Gasteiger partial charge in [0.15, 0.2) is 0 Å². The molecule has 8 heteroatoms. The van der Waals surface area contributed by atoms with E-state index in [9.17, 15) is 9.90 Å². The van der Waals surface area contributed by atoms with Gasteiger partial charge in [0.25, 0.3) is 0 Å². The Bertz CT molecular complexity index is 1160. The topological polar surface area (TPSA) is 84.8 Å². The zero-order chi connectivity index (χ0) is 23.7. The number of aliphatic hydroxyl groups is 1. The molecule has 0 unspecified atom stereocenters. The first-order valence-corrected chi connectivity index (χ1v) is 12.2. The number of aliphatic hydroxyl groups excluding tert-OH is 1. The zero-order valence-electron chi connectivity index (χ0n) is 19.2. The summed E-state index contributed by atoms with van der Waals surface area (Å²) in [4.78, 5) is 11.3. The number of fused-ring (bicyclic) bond motifs is 1. The van der Waals surface area contributed by atoms with E-state index in [1.54, 1.807) is 0 Å². The number of rotatable bonds is 7. The number of benzene rings is 2. The maximum atomic E-state index is 11.3. The van der Waals surface area contributed by atoms with Crippen molar-refractivity contribution in [2.24, 2.45) is 0 Å². The summed E-state index contributed by atoms with van der Waals surface area (Å²) in [6.45, 7) is 0.350. The van der Waals surface area contributed by atoms with Crippen LogP contribution in [-0.4, -0.2) is 41.6 Å². The Balaban J connectivity index is 1.38. The van der Waals surface area contributed by atoms with E-state index >= 15 is 0 Å². The van der Waals surface area contributed by atoms with Gasteiger partial charge in [-0.05, 0) is 54.0 Å². The van der Waals surface area contributed by atoms with Crippen LogP contribution in [0.1, 0.15) is 54.5 Å². The first kappa shape index (κ1) is 23.2. The summed E-state index contributed by atoms with van der Waals surface area (Å²) < 4.78 is 13.0. The number of aromatic nitrogens is 1.